The Kier molecular flexibility index (Phi) is 11.6. The fraction of sp³-hybridized carbons (Fsp3) is 0.400. The Morgan fingerprint density at radius 3 is 2.50 bits per heavy atom. The molecule has 0 aliphatic heterocycles. The Hall–Kier alpha value is -1.17. The molecule has 0 atom stereocenters. The Morgan fingerprint density at radius 2 is 1.96 bits per heavy atom. The van der Waals surface area contributed by atoms with Crippen LogP contribution >= 0.6 is 24.0 Å². The third-order valence-corrected chi connectivity index (χ3v) is 4.41. The standard InChI is InChI=1S/C15H24N4O3S.HI/c1-4-9-17-15(16-2)18-12-13-5-7-14(8-6-13)23(20,21)19-10-11-22-3;/h4-8,19H,1,9-12H2,2-3H3,(H2,16,17,18);1H. The minimum absolute atomic E-state index is 0. The molecule has 7 nitrogen and oxygen atoms in total. The van der Waals surface area contributed by atoms with E-state index in [1.165, 1.54) is 7.11 Å². The van der Waals surface area contributed by atoms with E-state index in [1.807, 2.05) is 0 Å². The highest BCUT2D eigenvalue weighted by molar-refractivity contribution is 14.0. The van der Waals surface area contributed by atoms with E-state index in [9.17, 15) is 8.42 Å². The molecule has 0 aliphatic rings. The number of nitrogens with one attached hydrogen (secondary N) is 3. The van der Waals surface area contributed by atoms with E-state index in [4.69, 9.17) is 4.74 Å². The summed E-state index contributed by atoms with van der Waals surface area (Å²) in [5, 5.41) is 6.19. The highest BCUT2D eigenvalue weighted by Gasteiger charge is 2.12. The van der Waals surface area contributed by atoms with Gasteiger partial charge in [-0.25, -0.2) is 13.1 Å². The quantitative estimate of drug-likeness (QED) is 0.166. The van der Waals surface area contributed by atoms with Gasteiger partial charge in [-0.3, -0.25) is 4.99 Å². The minimum atomic E-state index is -3.49. The second-order valence-corrected chi connectivity index (χ2v) is 6.40. The lowest BCUT2D eigenvalue weighted by atomic mass is 10.2. The van der Waals surface area contributed by atoms with E-state index in [1.54, 1.807) is 37.4 Å². The van der Waals surface area contributed by atoms with Crippen molar-refractivity contribution in [1.82, 2.24) is 15.4 Å². The SMILES string of the molecule is C=CCNC(=NC)NCc1ccc(S(=O)(=O)NCCOC)cc1.I. The van der Waals surface area contributed by atoms with E-state index in [0.29, 0.717) is 25.7 Å². The number of halogens is 1. The van der Waals surface area contributed by atoms with Gasteiger partial charge in [-0.05, 0) is 17.7 Å². The van der Waals surface area contributed by atoms with Gasteiger partial charge < -0.3 is 15.4 Å². The van der Waals surface area contributed by atoms with Crippen LogP contribution in [-0.4, -0.2) is 48.2 Å². The van der Waals surface area contributed by atoms with Gasteiger partial charge in [0.25, 0.3) is 0 Å². The topological polar surface area (TPSA) is 91.8 Å². The van der Waals surface area contributed by atoms with Gasteiger partial charge in [0.05, 0.1) is 11.5 Å². The molecule has 0 aliphatic carbocycles. The van der Waals surface area contributed by atoms with Crippen LogP contribution < -0.4 is 15.4 Å². The first-order valence-electron chi connectivity index (χ1n) is 7.16. The zero-order chi connectivity index (χ0) is 17.1. The van der Waals surface area contributed by atoms with Crippen LogP contribution in [0, 0.1) is 0 Å². The summed E-state index contributed by atoms with van der Waals surface area (Å²) < 4.78 is 31.4. The molecule has 1 aromatic rings. The van der Waals surface area contributed by atoms with Crippen molar-refractivity contribution in [3.8, 4) is 0 Å². The van der Waals surface area contributed by atoms with Crippen LogP contribution in [0.5, 0.6) is 0 Å². The van der Waals surface area contributed by atoms with Crippen LogP contribution in [0.4, 0.5) is 0 Å². The largest absolute Gasteiger partial charge is 0.383 e. The average molecular weight is 468 g/mol. The molecule has 1 rings (SSSR count). The van der Waals surface area contributed by atoms with Gasteiger partial charge in [0.2, 0.25) is 10.0 Å². The zero-order valence-corrected chi connectivity index (χ0v) is 17.1. The van der Waals surface area contributed by atoms with Crippen molar-refractivity contribution >= 4 is 40.0 Å². The number of rotatable bonds is 9. The molecule has 0 spiro atoms. The smallest absolute Gasteiger partial charge is 0.240 e. The summed E-state index contributed by atoms with van der Waals surface area (Å²) in [6, 6.07) is 6.68. The highest BCUT2D eigenvalue weighted by atomic mass is 127. The molecule has 136 valence electrons. The maximum absolute atomic E-state index is 12.0. The first-order chi connectivity index (χ1) is 11.0. The van der Waals surface area contributed by atoms with Crippen molar-refractivity contribution in [2.45, 2.75) is 11.4 Å². The molecule has 0 aromatic heterocycles. The lowest BCUT2D eigenvalue weighted by Gasteiger charge is -2.11. The fourth-order valence-electron chi connectivity index (χ4n) is 1.72. The number of hydrogen-bond donors (Lipinski definition) is 3. The molecular weight excluding hydrogens is 443 g/mol. The Bertz CT molecular complexity index is 618. The summed E-state index contributed by atoms with van der Waals surface area (Å²) in [5.41, 5.74) is 0.947. The molecule has 0 saturated heterocycles. The Morgan fingerprint density at radius 1 is 1.29 bits per heavy atom. The number of sulfonamides is 1. The maximum atomic E-state index is 12.0. The number of ether oxygens (including phenoxy) is 1. The van der Waals surface area contributed by atoms with Gasteiger partial charge in [-0.15, -0.1) is 30.6 Å². The fourth-order valence-corrected chi connectivity index (χ4v) is 2.74. The van der Waals surface area contributed by atoms with E-state index in [2.05, 4.69) is 26.9 Å². The van der Waals surface area contributed by atoms with E-state index < -0.39 is 10.0 Å². The molecule has 0 heterocycles. The third-order valence-electron chi connectivity index (χ3n) is 2.93. The van der Waals surface area contributed by atoms with Gasteiger partial charge in [0.1, 0.15) is 0 Å². The van der Waals surface area contributed by atoms with Crippen molar-refractivity contribution in [3.05, 3.63) is 42.5 Å². The lowest BCUT2D eigenvalue weighted by molar-refractivity contribution is 0.204. The summed E-state index contributed by atoms with van der Waals surface area (Å²) >= 11 is 0. The van der Waals surface area contributed by atoms with E-state index in [-0.39, 0.29) is 35.4 Å². The molecule has 0 fully saturated rings. The van der Waals surface area contributed by atoms with Crippen molar-refractivity contribution in [1.29, 1.82) is 0 Å². The van der Waals surface area contributed by atoms with Crippen LogP contribution in [0.25, 0.3) is 0 Å². The van der Waals surface area contributed by atoms with Crippen LogP contribution in [0.2, 0.25) is 0 Å². The summed E-state index contributed by atoms with van der Waals surface area (Å²) in [7, 11) is -0.293. The summed E-state index contributed by atoms with van der Waals surface area (Å²) in [4.78, 5) is 4.30. The van der Waals surface area contributed by atoms with Crippen molar-refractivity contribution < 1.29 is 13.2 Å². The first kappa shape index (κ1) is 22.8. The number of nitrogens with zero attached hydrogens (tertiary/aromatic N) is 1. The molecule has 0 bridgehead atoms. The minimum Gasteiger partial charge on any atom is -0.383 e. The lowest BCUT2D eigenvalue weighted by Crippen LogP contribution is -2.36. The van der Waals surface area contributed by atoms with Crippen LogP contribution in [-0.2, 0) is 21.3 Å². The van der Waals surface area contributed by atoms with Gasteiger partial charge in [0.15, 0.2) is 5.96 Å². The number of aliphatic imine (C=N–C) groups is 1. The number of methoxy groups -OCH3 is 1. The number of benzene rings is 1. The molecule has 3 N–H and O–H groups in total. The monoisotopic (exact) mass is 468 g/mol. The van der Waals surface area contributed by atoms with Crippen LogP contribution in [0.15, 0.2) is 46.8 Å². The molecular formula is C15H25IN4O3S. The van der Waals surface area contributed by atoms with Crippen molar-refractivity contribution in [3.63, 3.8) is 0 Å². The van der Waals surface area contributed by atoms with E-state index >= 15 is 0 Å². The second kappa shape index (κ2) is 12.2. The first-order valence-corrected chi connectivity index (χ1v) is 8.64. The van der Waals surface area contributed by atoms with Crippen LogP contribution in [0.3, 0.4) is 0 Å². The predicted octanol–water partition coefficient (Wildman–Crippen LogP) is 1.08. The maximum Gasteiger partial charge on any atom is 0.240 e. The summed E-state index contributed by atoms with van der Waals surface area (Å²) in [5.74, 6) is 0.655. The van der Waals surface area contributed by atoms with Gasteiger partial charge in [0, 0.05) is 33.8 Å². The van der Waals surface area contributed by atoms with E-state index in [0.717, 1.165) is 5.56 Å². The molecule has 1 aromatic carbocycles. The van der Waals surface area contributed by atoms with Crippen LogP contribution in [0.1, 0.15) is 5.56 Å². The van der Waals surface area contributed by atoms with Crippen molar-refractivity contribution in [2.24, 2.45) is 4.99 Å². The Labute approximate surface area is 161 Å². The highest BCUT2D eigenvalue weighted by Crippen LogP contribution is 2.10. The molecule has 24 heavy (non-hydrogen) atoms. The zero-order valence-electron chi connectivity index (χ0n) is 13.9. The molecule has 0 radical (unpaired) electrons. The van der Waals surface area contributed by atoms with Gasteiger partial charge in [-0.2, -0.15) is 0 Å². The molecule has 0 amide bonds. The predicted molar refractivity (Wildman–Crippen MR) is 107 cm³/mol. The van der Waals surface area contributed by atoms with Gasteiger partial charge in [-0.1, -0.05) is 18.2 Å². The summed E-state index contributed by atoms with van der Waals surface area (Å²) in [6.45, 7) is 5.35. The average Bonchev–Trinajstić information content (AvgIpc) is 2.55. The van der Waals surface area contributed by atoms with Gasteiger partial charge >= 0.3 is 0 Å². The molecule has 0 saturated carbocycles. The third kappa shape index (κ3) is 8.08. The number of guanidine groups is 1. The molecule has 0 unspecified atom stereocenters. The normalized spacial score (nSPS) is 11.5. The molecule has 9 heteroatoms. The summed E-state index contributed by atoms with van der Waals surface area (Å²) in [6.07, 6.45) is 1.74. The second-order valence-electron chi connectivity index (χ2n) is 4.63. The Balaban J connectivity index is 0.00000529. The number of hydrogen-bond acceptors (Lipinski definition) is 4. The van der Waals surface area contributed by atoms with Crippen molar-refractivity contribution in [2.75, 3.05) is 33.9 Å².